The van der Waals surface area contributed by atoms with Gasteiger partial charge in [-0.25, -0.2) is 0 Å². The maximum absolute atomic E-state index is 13.7. The molecule has 0 unspecified atom stereocenters. The summed E-state index contributed by atoms with van der Waals surface area (Å²) < 4.78 is 170. The van der Waals surface area contributed by atoms with E-state index in [1.807, 2.05) is 0 Å². The van der Waals surface area contributed by atoms with Gasteiger partial charge < -0.3 is 0 Å². The van der Waals surface area contributed by atoms with Crippen LogP contribution in [0.1, 0.15) is 0 Å². The van der Waals surface area contributed by atoms with Gasteiger partial charge in [0, 0.05) is 0 Å². The van der Waals surface area contributed by atoms with Gasteiger partial charge in [0.05, 0.1) is 7.11 Å². The molecule has 0 N–H and O–H groups in total. The first-order valence-electron chi connectivity index (χ1n) is 4.86. The molecule has 0 saturated heterocycles. The van der Waals surface area contributed by atoms with Crippen molar-refractivity contribution in [2.24, 2.45) is 0 Å². The van der Waals surface area contributed by atoms with Crippen LogP contribution < -0.4 is 0 Å². The van der Waals surface area contributed by atoms with Crippen molar-refractivity contribution in [2.75, 3.05) is 7.11 Å². The van der Waals surface area contributed by atoms with Gasteiger partial charge in [0.2, 0.25) is 0 Å². The molecular formula is C7H3F11O4S. The third-order valence-corrected chi connectivity index (χ3v) is 3.65. The second-order valence-electron chi connectivity index (χ2n) is 4.13. The van der Waals surface area contributed by atoms with Crippen molar-refractivity contribution in [2.45, 2.75) is 35.5 Å². The molecule has 0 amide bonds. The maximum Gasteiger partial charge on any atom is 0.403 e. The van der Waals surface area contributed by atoms with E-state index in [2.05, 4.69) is 8.37 Å². The Hall–Kier alpha value is -0.900. The third kappa shape index (κ3) is 2.00. The zero-order valence-corrected chi connectivity index (χ0v) is 11.0. The number of hydrogen-bond donors (Lipinski definition) is 0. The zero-order chi connectivity index (χ0) is 18.9. The predicted molar refractivity (Wildman–Crippen MR) is 45.6 cm³/mol. The minimum absolute atomic E-state index is 0.0390. The molecule has 1 aliphatic carbocycles. The highest BCUT2D eigenvalue weighted by atomic mass is 32.3. The molecule has 0 bridgehead atoms. The first-order valence-corrected chi connectivity index (χ1v) is 6.19. The summed E-state index contributed by atoms with van der Waals surface area (Å²) in [5, 5.41) is 0. The molecule has 16 heteroatoms. The van der Waals surface area contributed by atoms with E-state index in [0.29, 0.717) is 0 Å². The summed E-state index contributed by atoms with van der Waals surface area (Å²) in [6.07, 6.45) is 0. The molecule has 1 saturated carbocycles. The minimum Gasteiger partial charge on any atom is -0.251 e. The van der Waals surface area contributed by atoms with E-state index in [-0.39, 0.29) is 7.11 Å². The van der Waals surface area contributed by atoms with Crippen LogP contribution >= 0.6 is 0 Å². The van der Waals surface area contributed by atoms with Gasteiger partial charge in [-0.1, -0.05) is 0 Å². The normalized spacial score (nSPS) is 29.9. The molecule has 0 aliphatic heterocycles. The molecule has 0 aromatic rings. The van der Waals surface area contributed by atoms with Gasteiger partial charge in [0.1, 0.15) is 0 Å². The highest BCUT2D eigenvalue weighted by Gasteiger charge is 3.02. The van der Waals surface area contributed by atoms with Crippen LogP contribution in [-0.4, -0.2) is 51.0 Å². The standard InChI is InChI=1S/C7H3F11O4S/c1-21-23(19,20)22-7(18)5(14,15)3(10,11)2(8,9)4(12,13)6(7,16)17/h1H3. The monoisotopic (exact) mass is 392 g/mol. The predicted octanol–water partition coefficient (Wildman–Crippen LogP) is 2.75. The average molecular weight is 392 g/mol. The van der Waals surface area contributed by atoms with E-state index in [1.165, 1.54) is 0 Å². The lowest BCUT2D eigenvalue weighted by Crippen LogP contribution is -2.84. The Labute approximate surface area is 119 Å². The highest BCUT2D eigenvalue weighted by molar-refractivity contribution is 7.81. The first kappa shape index (κ1) is 20.1. The Balaban J connectivity index is 3.82. The van der Waals surface area contributed by atoms with E-state index < -0.39 is 45.9 Å². The Kier molecular flexibility index (Phi) is 4.02. The van der Waals surface area contributed by atoms with Crippen LogP contribution in [-0.2, 0) is 18.8 Å². The van der Waals surface area contributed by atoms with Crippen molar-refractivity contribution < 1.29 is 65.1 Å². The Morgan fingerprint density at radius 1 is 0.609 bits per heavy atom. The number of halogens is 11. The summed E-state index contributed by atoms with van der Waals surface area (Å²) in [5.74, 6) is -44.3. The summed E-state index contributed by atoms with van der Waals surface area (Å²) in [4.78, 5) is 0. The molecule has 0 spiro atoms. The van der Waals surface area contributed by atoms with Crippen molar-refractivity contribution in [3.8, 4) is 0 Å². The molecule has 23 heavy (non-hydrogen) atoms. The molecule has 0 atom stereocenters. The third-order valence-electron chi connectivity index (χ3n) is 2.81. The van der Waals surface area contributed by atoms with Gasteiger partial charge in [-0.05, 0) is 0 Å². The van der Waals surface area contributed by atoms with Crippen LogP contribution in [0.5, 0.6) is 0 Å². The van der Waals surface area contributed by atoms with Crippen LogP contribution in [0.25, 0.3) is 0 Å². The van der Waals surface area contributed by atoms with Gasteiger partial charge in [0.25, 0.3) is 0 Å². The van der Waals surface area contributed by atoms with E-state index in [0.717, 1.165) is 0 Å². The van der Waals surface area contributed by atoms with E-state index >= 15 is 0 Å². The fourth-order valence-corrected chi connectivity index (χ4v) is 2.03. The molecule has 4 nitrogen and oxygen atoms in total. The van der Waals surface area contributed by atoms with E-state index in [4.69, 9.17) is 0 Å². The Morgan fingerprint density at radius 3 is 1.13 bits per heavy atom. The van der Waals surface area contributed by atoms with Crippen molar-refractivity contribution >= 4 is 10.4 Å². The smallest absolute Gasteiger partial charge is 0.251 e. The SMILES string of the molecule is COS(=O)(=O)OC1(F)C(F)(F)C(F)(F)C(F)(F)C(F)(F)C1(F)F. The van der Waals surface area contributed by atoms with Gasteiger partial charge in [-0.2, -0.15) is 60.9 Å². The van der Waals surface area contributed by atoms with Crippen molar-refractivity contribution in [3.63, 3.8) is 0 Å². The number of hydrogen-bond acceptors (Lipinski definition) is 4. The second-order valence-corrected chi connectivity index (χ2v) is 5.44. The summed E-state index contributed by atoms with van der Waals surface area (Å²) in [5.41, 5.74) is 0. The second kappa shape index (κ2) is 4.59. The number of rotatable bonds is 3. The lowest BCUT2D eigenvalue weighted by molar-refractivity contribution is -0.513. The van der Waals surface area contributed by atoms with Crippen molar-refractivity contribution in [1.82, 2.24) is 0 Å². The summed E-state index contributed by atoms with van der Waals surface area (Å²) >= 11 is 0. The van der Waals surface area contributed by atoms with Crippen LogP contribution in [0.2, 0.25) is 0 Å². The fraction of sp³-hybridized carbons (Fsp3) is 1.00. The fourth-order valence-electron chi connectivity index (χ4n) is 1.47. The molecule has 1 fully saturated rings. The lowest BCUT2D eigenvalue weighted by Gasteiger charge is -2.50. The van der Waals surface area contributed by atoms with Gasteiger partial charge in [-0.3, -0.25) is 4.18 Å². The molecule has 0 aromatic carbocycles. The summed E-state index contributed by atoms with van der Waals surface area (Å²) in [7, 11) is -6.34. The lowest BCUT2D eigenvalue weighted by atomic mass is 9.79. The highest BCUT2D eigenvalue weighted by Crippen LogP contribution is 2.69. The summed E-state index contributed by atoms with van der Waals surface area (Å²) in [6, 6.07) is 0. The van der Waals surface area contributed by atoms with Crippen LogP contribution in [0.3, 0.4) is 0 Å². The minimum atomic E-state index is -7.46. The topological polar surface area (TPSA) is 52.6 Å². The molecule has 138 valence electrons. The number of alkyl halides is 11. The molecule has 1 rings (SSSR count). The first-order chi connectivity index (χ1) is 9.77. The Morgan fingerprint density at radius 2 is 0.870 bits per heavy atom. The molecular weight excluding hydrogens is 389 g/mol. The van der Waals surface area contributed by atoms with Crippen molar-refractivity contribution in [3.05, 3.63) is 0 Å². The van der Waals surface area contributed by atoms with Crippen LogP contribution in [0.15, 0.2) is 0 Å². The Bertz CT molecular complexity index is 567. The zero-order valence-electron chi connectivity index (χ0n) is 10.2. The van der Waals surface area contributed by atoms with Crippen molar-refractivity contribution in [1.29, 1.82) is 0 Å². The quantitative estimate of drug-likeness (QED) is 0.694. The van der Waals surface area contributed by atoms with Gasteiger partial charge in [-0.15, -0.1) is 0 Å². The molecule has 0 aromatic heterocycles. The molecule has 0 radical (unpaired) electrons. The van der Waals surface area contributed by atoms with Gasteiger partial charge >= 0.3 is 45.9 Å². The van der Waals surface area contributed by atoms with E-state index in [9.17, 15) is 56.7 Å². The van der Waals surface area contributed by atoms with E-state index in [1.54, 1.807) is 0 Å². The van der Waals surface area contributed by atoms with Crippen LogP contribution in [0, 0.1) is 0 Å². The molecule has 1 aliphatic rings. The average Bonchev–Trinajstić information content (AvgIpc) is 2.35. The summed E-state index contributed by atoms with van der Waals surface area (Å²) in [6.45, 7) is 0. The molecule has 0 heterocycles. The van der Waals surface area contributed by atoms with Crippen LogP contribution in [0.4, 0.5) is 48.3 Å². The maximum atomic E-state index is 13.7. The largest absolute Gasteiger partial charge is 0.403 e. The van der Waals surface area contributed by atoms with Gasteiger partial charge in [0.15, 0.2) is 0 Å².